The summed E-state index contributed by atoms with van der Waals surface area (Å²) in [5.41, 5.74) is 6.00. The van der Waals surface area contributed by atoms with Crippen LogP contribution in [0.1, 0.15) is 44.9 Å². The minimum atomic E-state index is -0.0235. The smallest absolute Gasteiger partial charge is 0.224 e. The SMILES string of the molecule is N#CCCCNC(=O)C1CCCCCC1N. The van der Waals surface area contributed by atoms with E-state index in [4.69, 9.17) is 11.0 Å². The number of nitriles is 1. The summed E-state index contributed by atoms with van der Waals surface area (Å²) in [5, 5.41) is 11.3. The lowest BCUT2D eigenvalue weighted by atomic mass is 9.94. The molecule has 0 aromatic carbocycles. The van der Waals surface area contributed by atoms with Crippen LogP contribution < -0.4 is 11.1 Å². The molecule has 0 saturated heterocycles. The third kappa shape index (κ3) is 4.19. The molecule has 0 aliphatic heterocycles. The van der Waals surface area contributed by atoms with E-state index in [-0.39, 0.29) is 17.9 Å². The average molecular weight is 223 g/mol. The van der Waals surface area contributed by atoms with Gasteiger partial charge in [0, 0.05) is 19.0 Å². The predicted molar refractivity (Wildman–Crippen MR) is 62.4 cm³/mol. The molecule has 0 aromatic heterocycles. The van der Waals surface area contributed by atoms with Gasteiger partial charge < -0.3 is 11.1 Å². The zero-order valence-electron chi connectivity index (χ0n) is 9.74. The van der Waals surface area contributed by atoms with Crippen LogP contribution in [0, 0.1) is 17.2 Å². The highest BCUT2D eigenvalue weighted by Crippen LogP contribution is 2.22. The Morgan fingerprint density at radius 3 is 2.88 bits per heavy atom. The summed E-state index contributed by atoms with van der Waals surface area (Å²) in [6.45, 7) is 0.593. The molecule has 4 nitrogen and oxygen atoms in total. The molecular weight excluding hydrogens is 202 g/mol. The van der Waals surface area contributed by atoms with Crippen molar-refractivity contribution in [1.29, 1.82) is 5.26 Å². The van der Waals surface area contributed by atoms with Crippen LogP contribution in [0.5, 0.6) is 0 Å². The zero-order valence-corrected chi connectivity index (χ0v) is 9.74. The molecule has 1 amide bonds. The van der Waals surface area contributed by atoms with Crippen LogP contribution in [-0.2, 0) is 4.79 Å². The summed E-state index contributed by atoms with van der Waals surface area (Å²) in [4.78, 5) is 11.9. The minimum Gasteiger partial charge on any atom is -0.356 e. The normalized spacial score (nSPS) is 25.5. The van der Waals surface area contributed by atoms with Gasteiger partial charge in [0.25, 0.3) is 0 Å². The van der Waals surface area contributed by atoms with Crippen LogP contribution in [0.2, 0.25) is 0 Å². The molecule has 0 radical (unpaired) electrons. The van der Waals surface area contributed by atoms with E-state index < -0.39 is 0 Å². The first-order chi connectivity index (χ1) is 7.75. The van der Waals surface area contributed by atoms with E-state index in [1.54, 1.807) is 0 Å². The van der Waals surface area contributed by atoms with Gasteiger partial charge in [0.1, 0.15) is 0 Å². The number of carbonyl (C=O) groups excluding carboxylic acids is 1. The summed E-state index contributed by atoms with van der Waals surface area (Å²) >= 11 is 0. The maximum absolute atomic E-state index is 11.9. The third-order valence-electron chi connectivity index (χ3n) is 3.17. The van der Waals surface area contributed by atoms with E-state index in [0.29, 0.717) is 13.0 Å². The van der Waals surface area contributed by atoms with E-state index in [1.807, 2.05) is 0 Å². The highest BCUT2D eigenvalue weighted by molar-refractivity contribution is 5.79. The van der Waals surface area contributed by atoms with Gasteiger partial charge in [0.05, 0.1) is 12.0 Å². The molecule has 1 rings (SSSR count). The first kappa shape index (κ1) is 13.0. The van der Waals surface area contributed by atoms with Crippen molar-refractivity contribution in [2.75, 3.05) is 6.54 Å². The van der Waals surface area contributed by atoms with Crippen LogP contribution in [0.4, 0.5) is 0 Å². The molecule has 1 aliphatic carbocycles. The van der Waals surface area contributed by atoms with Crippen molar-refractivity contribution in [3.05, 3.63) is 0 Å². The van der Waals surface area contributed by atoms with Crippen molar-refractivity contribution in [2.24, 2.45) is 11.7 Å². The maximum atomic E-state index is 11.9. The fraction of sp³-hybridized carbons (Fsp3) is 0.833. The molecule has 4 heteroatoms. The zero-order chi connectivity index (χ0) is 11.8. The van der Waals surface area contributed by atoms with E-state index in [2.05, 4.69) is 11.4 Å². The van der Waals surface area contributed by atoms with E-state index >= 15 is 0 Å². The second kappa shape index (κ2) is 7.24. The standard InChI is InChI=1S/C12H21N3O/c13-8-4-5-9-15-12(16)10-6-2-1-3-7-11(10)14/h10-11H,1-7,9,14H2,(H,15,16). The molecule has 0 spiro atoms. The molecule has 0 aromatic rings. The van der Waals surface area contributed by atoms with Gasteiger partial charge in [0.2, 0.25) is 5.91 Å². The number of nitrogens with zero attached hydrogens (tertiary/aromatic N) is 1. The van der Waals surface area contributed by atoms with Crippen LogP contribution in [-0.4, -0.2) is 18.5 Å². The van der Waals surface area contributed by atoms with Gasteiger partial charge in [0.15, 0.2) is 0 Å². The highest BCUT2D eigenvalue weighted by atomic mass is 16.1. The Labute approximate surface area is 97.2 Å². The Morgan fingerprint density at radius 1 is 1.38 bits per heavy atom. The lowest BCUT2D eigenvalue weighted by molar-refractivity contribution is -0.125. The van der Waals surface area contributed by atoms with E-state index in [1.165, 1.54) is 6.42 Å². The predicted octanol–water partition coefficient (Wildman–Crippen LogP) is 1.31. The summed E-state index contributed by atoms with van der Waals surface area (Å²) in [7, 11) is 0. The summed E-state index contributed by atoms with van der Waals surface area (Å²) < 4.78 is 0. The highest BCUT2D eigenvalue weighted by Gasteiger charge is 2.26. The number of nitrogens with one attached hydrogen (secondary N) is 1. The molecule has 0 bridgehead atoms. The molecule has 2 unspecified atom stereocenters. The number of unbranched alkanes of at least 4 members (excludes halogenated alkanes) is 1. The molecule has 1 aliphatic rings. The van der Waals surface area contributed by atoms with Crippen molar-refractivity contribution in [1.82, 2.24) is 5.32 Å². The van der Waals surface area contributed by atoms with Gasteiger partial charge in [-0.05, 0) is 19.3 Å². The average Bonchev–Trinajstić information content (AvgIpc) is 2.49. The lowest BCUT2D eigenvalue weighted by Gasteiger charge is -2.20. The molecular formula is C12H21N3O. The quantitative estimate of drug-likeness (QED) is 0.557. The molecule has 0 heterocycles. The second-order valence-corrected chi connectivity index (χ2v) is 4.46. The van der Waals surface area contributed by atoms with Crippen LogP contribution in [0.3, 0.4) is 0 Å². The maximum Gasteiger partial charge on any atom is 0.224 e. The van der Waals surface area contributed by atoms with Crippen LogP contribution in [0.25, 0.3) is 0 Å². The Morgan fingerprint density at radius 2 is 2.12 bits per heavy atom. The van der Waals surface area contributed by atoms with Gasteiger partial charge in [-0.25, -0.2) is 0 Å². The molecule has 1 saturated carbocycles. The first-order valence-corrected chi connectivity index (χ1v) is 6.16. The molecule has 16 heavy (non-hydrogen) atoms. The van der Waals surface area contributed by atoms with Gasteiger partial charge >= 0.3 is 0 Å². The Kier molecular flexibility index (Phi) is 5.87. The number of hydrogen-bond donors (Lipinski definition) is 2. The van der Waals surface area contributed by atoms with Crippen molar-refractivity contribution >= 4 is 5.91 Å². The molecule has 3 N–H and O–H groups in total. The van der Waals surface area contributed by atoms with Gasteiger partial charge in [-0.3, -0.25) is 4.79 Å². The third-order valence-corrected chi connectivity index (χ3v) is 3.17. The van der Waals surface area contributed by atoms with E-state index in [9.17, 15) is 4.79 Å². The molecule has 90 valence electrons. The summed E-state index contributed by atoms with van der Waals surface area (Å²) in [5.74, 6) is 0.0527. The number of hydrogen-bond acceptors (Lipinski definition) is 3. The Balaban J connectivity index is 2.30. The first-order valence-electron chi connectivity index (χ1n) is 6.16. The van der Waals surface area contributed by atoms with Gasteiger partial charge in [-0.15, -0.1) is 0 Å². The number of nitrogens with two attached hydrogens (primary N) is 1. The summed E-state index contributed by atoms with van der Waals surface area (Å²) in [6, 6.07) is 2.08. The monoisotopic (exact) mass is 223 g/mol. The van der Waals surface area contributed by atoms with Gasteiger partial charge in [-0.1, -0.05) is 19.3 Å². The van der Waals surface area contributed by atoms with Gasteiger partial charge in [-0.2, -0.15) is 5.26 Å². The Hall–Kier alpha value is -1.08. The van der Waals surface area contributed by atoms with Crippen LogP contribution in [0.15, 0.2) is 0 Å². The molecule has 1 fully saturated rings. The fourth-order valence-electron chi connectivity index (χ4n) is 2.17. The van der Waals surface area contributed by atoms with E-state index in [0.717, 1.165) is 32.1 Å². The van der Waals surface area contributed by atoms with Crippen molar-refractivity contribution in [2.45, 2.75) is 51.0 Å². The van der Waals surface area contributed by atoms with Crippen molar-refractivity contribution in [3.8, 4) is 6.07 Å². The van der Waals surface area contributed by atoms with Crippen LogP contribution >= 0.6 is 0 Å². The number of amides is 1. The topological polar surface area (TPSA) is 78.9 Å². The lowest BCUT2D eigenvalue weighted by Crippen LogP contribution is -2.41. The second-order valence-electron chi connectivity index (χ2n) is 4.46. The van der Waals surface area contributed by atoms with Crippen molar-refractivity contribution in [3.63, 3.8) is 0 Å². The minimum absolute atomic E-state index is 0.0125. The fourth-order valence-corrected chi connectivity index (χ4v) is 2.17. The molecule has 2 atom stereocenters. The summed E-state index contributed by atoms with van der Waals surface area (Å²) in [6.07, 6.45) is 6.51. The Bertz CT molecular complexity index is 259. The largest absolute Gasteiger partial charge is 0.356 e. The van der Waals surface area contributed by atoms with Crippen molar-refractivity contribution < 1.29 is 4.79 Å². The number of rotatable bonds is 4. The number of carbonyl (C=O) groups is 1.